The van der Waals surface area contributed by atoms with Gasteiger partial charge in [-0.3, -0.25) is 0 Å². The summed E-state index contributed by atoms with van der Waals surface area (Å²) in [6, 6.07) is 3.06. The van der Waals surface area contributed by atoms with Crippen LogP contribution >= 0.6 is 11.8 Å². The molecule has 2 aliphatic rings. The molecule has 0 bridgehead atoms. The molecule has 2 atom stereocenters. The van der Waals surface area contributed by atoms with Gasteiger partial charge in [0.05, 0.1) is 0 Å². The Balaban J connectivity index is 1.69. The van der Waals surface area contributed by atoms with Gasteiger partial charge in [-0.1, -0.05) is 13.8 Å². The topological polar surface area (TPSA) is 28.2 Å². The molecule has 3 nitrogen and oxygen atoms in total. The van der Waals surface area contributed by atoms with Crippen molar-refractivity contribution in [2.75, 3.05) is 18.0 Å². The zero-order chi connectivity index (χ0) is 14.1. The zero-order valence-electron chi connectivity index (χ0n) is 12.7. The molecule has 1 saturated carbocycles. The predicted octanol–water partition coefficient (Wildman–Crippen LogP) is 2.97. The molecule has 1 saturated heterocycles. The lowest BCUT2D eigenvalue weighted by atomic mass is 10.2. The number of hydrogen-bond donors (Lipinski definition) is 1. The van der Waals surface area contributed by atoms with E-state index in [0.29, 0.717) is 10.5 Å². The van der Waals surface area contributed by atoms with Crippen molar-refractivity contribution < 1.29 is 0 Å². The van der Waals surface area contributed by atoms with Crippen LogP contribution in [0.15, 0.2) is 12.3 Å². The highest BCUT2D eigenvalue weighted by atomic mass is 32.2. The lowest BCUT2D eigenvalue weighted by Gasteiger charge is -2.36. The molecule has 2 heterocycles. The van der Waals surface area contributed by atoms with E-state index in [1.165, 1.54) is 29.8 Å². The van der Waals surface area contributed by atoms with Crippen LogP contribution in [0.3, 0.4) is 0 Å². The third-order valence-electron chi connectivity index (χ3n) is 4.00. The first-order chi connectivity index (χ1) is 9.61. The number of nitrogens with zero attached hydrogens (tertiary/aromatic N) is 2. The monoisotopic (exact) mass is 291 g/mol. The van der Waals surface area contributed by atoms with E-state index in [1.54, 1.807) is 0 Å². The maximum Gasteiger partial charge on any atom is 0.131 e. The first-order valence-corrected chi connectivity index (χ1v) is 8.65. The maximum atomic E-state index is 4.75. The summed E-state index contributed by atoms with van der Waals surface area (Å²) in [6.07, 6.45) is 4.73. The van der Waals surface area contributed by atoms with Gasteiger partial charge in [-0.2, -0.15) is 11.8 Å². The minimum atomic E-state index is 0.691. The third kappa shape index (κ3) is 3.47. The van der Waals surface area contributed by atoms with Gasteiger partial charge in [0.15, 0.2) is 0 Å². The smallest absolute Gasteiger partial charge is 0.131 e. The Hall–Kier alpha value is -0.740. The van der Waals surface area contributed by atoms with Crippen molar-refractivity contribution >= 4 is 17.6 Å². The Morgan fingerprint density at radius 3 is 2.60 bits per heavy atom. The van der Waals surface area contributed by atoms with Gasteiger partial charge in [0.2, 0.25) is 0 Å². The molecule has 2 fully saturated rings. The van der Waals surface area contributed by atoms with Gasteiger partial charge in [-0.05, 0) is 37.0 Å². The molecular formula is C16H25N3S. The molecule has 0 amide bonds. The predicted molar refractivity (Wildman–Crippen MR) is 87.6 cm³/mol. The van der Waals surface area contributed by atoms with Gasteiger partial charge in [0, 0.05) is 42.4 Å². The second-order valence-electron chi connectivity index (χ2n) is 6.30. The van der Waals surface area contributed by atoms with Crippen LogP contribution in [0.1, 0.15) is 37.8 Å². The Morgan fingerprint density at radius 2 is 2.00 bits per heavy atom. The molecule has 4 heteroatoms. The van der Waals surface area contributed by atoms with Crippen LogP contribution in [0.2, 0.25) is 0 Å². The number of aromatic nitrogens is 1. The molecule has 1 aliphatic carbocycles. The van der Waals surface area contributed by atoms with Crippen molar-refractivity contribution in [2.24, 2.45) is 0 Å². The van der Waals surface area contributed by atoms with Gasteiger partial charge in [0.25, 0.3) is 0 Å². The number of hydrogen-bond acceptors (Lipinski definition) is 4. The first kappa shape index (κ1) is 14.2. The van der Waals surface area contributed by atoms with Crippen LogP contribution in [-0.4, -0.2) is 34.6 Å². The second-order valence-corrected chi connectivity index (χ2v) is 8.18. The highest BCUT2D eigenvalue weighted by Crippen LogP contribution is 2.29. The number of aryl methyl sites for hydroxylation is 1. The van der Waals surface area contributed by atoms with Crippen LogP contribution in [0.4, 0.5) is 5.82 Å². The van der Waals surface area contributed by atoms with Crippen molar-refractivity contribution in [1.29, 1.82) is 0 Å². The summed E-state index contributed by atoms with van der Waals surface area (Å²) in [7, 11) is 0. The van der Waals surface area contributed by atoms with Gasteiger partial charge in [-0.25, -0.2) is 4.98 Å². The van der Waals surface area contributed by atoms with E-state index in [9.17, 15) is 0 Å². The summed E-state index contributed by atoms with van der Waals surface area (Å²) in [5.41, 5.74) is 2.62. The van der Waals surface area contributed by atoms with E-state index in [4.69, 9.17) is 4.98 Å². The fourth-order valence-corrected chi connectivity index (χ4v) is 4.28. The summed E-state index contributed by atoms with van der Waals surface area (Å²) in [5, 5.41) is 4.94. The summed E-state index contributed by atoms with van der Waals surface area (Å²) in [6.45, 7) is 10.0. The third-order valence-corrected chi connectivity index (χ3v) is 5.23. The van der Waals surface area contributed by atoms with Gasteiger partial charge in [0.1, 0.15) is 5.82 Å². The fraction of sp³-hybridized carbons (Fsp3) is 0.688. The lowest BCUT2D eigenvalue weighted by Crippen LogP contribution is -2.41. The quantitative estimate of drug-likeness (QED) is 0.923. The maximum absolute atomic E-state index is 4.75. The molecule has 1 N–H and O–H groups in total. The highest BCUT2D eigenvalue weighted by molar-refractivity contribution is 8.00. The minimum Gasteiger partial charge on any atom is -0.354 e. The van der Waals surface area contributed by atoms with Crippen molar-refractivity contribution in [1.82, 2.24) is 10.3 Å². The van der Waals surface area contributed by atoms with Crippen molar-refractivity contribution in [3.8, 4) is 0 Å². The van der Waals surface area contributed by atoms with Crippen LogP contribution in [-0.2, 0) is 6.54 Å². The Labute approximate surface area is 126 Å². The van der Waals surface area contributed by atoms with E-state index < -0.39 is 0 Å². The normalized spacial score (nSPS) is 26.9. The summed E-state index contributed by atoms with van der Waals surface area (Å²) in [5.74, 6) is 1.18. The Morgan fingerprint density at radius 1 is 1.30 bits per heavy atom. The molecule has 1 aliphatic heterocycles. The average Bonchev–Trinajstić information content (AvgIpc) is 3.19. The number of nitrogens with one attached hydrogen (secondary N) is 1. The van der Waals surface area contributed by atoms with E-state index in [-0.39, 0.29) is 0 Å². The minimum absolute atomic E-state index is 0.691. The molecule has 1 aromatic rings. The van der Waals surface area contributed by atoms with E-state index in [2.05, 4.69) is 55.0 Å². The lowest BCUT2D eigenvalue weighted by molar-refractivity contribution is 0.682. The summed E-state index contributed by atoms with van der Waals surface area (Å²) in [4.78, 5) is 7.20. The molecule has 110 valence electrons. The molecular weight excluding hydrogens is 266 g/mol. The van der Waals surface area contributed by atoms with Crippen LogP contribution < -0.4 is 10.2 Å². The van der Waals surface area contributed by atoms with Crippen LogP contribution in [0.25, 0.3) is 0 Å². The van der Waals surface area contributed by atoms with Crippen molar-refractivity contribution in [3.05, 3.63) is 23.4 Å². The molecule has 0 aromatic carbocycles. The van der Waals surface area contributed by atoms with Crippen LogP contribution in [0, 0.1) is 6.92 Å². The van der Waals surface area contributed by atoms with Gasteiger partial charge < -0.3 is 10.2 Å². The Bertz CT molecular complexity index is 463. The number of thioether (sulfide) groups is 1. The highest BCUT2D eigenvalue weighted by Gasteiger charge is 2.24. The number of rotatable bonds is 4. The van der Waals surface area contributed by atoms with Crippen LogP contribution in [0.5, 0.6) is 0 Å². The zero-order valence-corrected chi connectivity index (χ0v) is 13.5. The molecule has 3 rings (SSSR count). The van der Waals surface area contributed by atoms with E-state index in [1.807, 2.05) is 0 Å². The fourth-order valence-electron chi connectivity index (χ4n) is 2.95. The molecule has 0 spiro atoms. The van der Waals surface area contributed by atoms with Crippen molar-refractivity contribution in [3.63, 3.8) is 0 Å². The molecule has 0 radical (unpaired) electrons. The average molecular weight is 291 g/mol. The SMILES string of the molecule is Cc1cc(CNC2CC2)cnc1N1CC(C)SC(C)C1. The standard InChI is InChI=1S/C16H25N3S/c1-11-6-14(7-17-15-4-5-15)8-18-16(11)19-9-12(2)20-13(3)10-19/h6,8,12-13,15,17H,4-5,7,9-10H2,1-3H3. The van der Waals surface area contributed by atoms with E-state index in [0.717, 1.165) is 25.7 Å². The van der Waals surface area contributed by atoms with Gasteiger partial charge in [-0.15, -0.1) is 0 Å². The summed E-state index contributed by atoms with van der Waals surface area (Å²) < 4.78 is 0. The number of pyridine rings is 1. The molecule has 2 unspecified atom stereocenters. The number of anilines is 1. The second kappa shape index (κ2) is 5.94. The van der Waals surface area contributed by atoms with Crippen molar-refractivity contribution in [2.45, 2.75) is 56.7 Å². The molecule has 20 heavy (non-hydrogen) atoms. The first-order valence-electron chi connectivity index (χ1n) is 7.71. The molecule has 1 aromatic heterocycles. The largest absolute Gasteiger partial charge is 0.354 e. The summed E-state index contributed by atoms with van der Waals surface area (Å²) >= 11 is 2.09. The van der Waals surface area contributed by atoms with E-state index >= 15 is 0 Å². The van der Waals surface area contributed by atoms with Gasteiger partial charge >= 0.3 is 0 Å². The Kier molecular flexibility index (Phi) is 4.22.